The molecule has 0 amide bonds. The third-order valence-electron chi connectivity index (χ3n) is 4.76. The van der Waals surface area contributed by atoms with Crippen LogP contribution < -0.4 is 9.47 Å². The van der Waals surface area contributed by atoms with E-state index in [9.17, 15) is 14.7 Å². The van der Waals surface area contributed by atoms with Crippen LogP contribution in [-0.2, 0) is 20.9 Å². The van der Waals surface area contributed by atoms with Crippen LogP contribution in [0.4, 0.5) is 0 Å². The number of rotatable bonds is 8. The van der Waals surface area contributed by atoms with E-state index in [0.717, 1.165) is 11.6 Å². The van der Waals surface area contributed by atoms with E-state index in [1.165, 1.54) is 14.2 Å². The van der Waals surface area contributed by atoms with Gasteiger partial charge in [0.25, 0.3) is 5.78 Å². The Morgan fingerprint density at radius 3 is 2.41 bits per heavy atom. The lowest BCUT2D eigenvalue weighted by Gasteiger charge is -2.11. The number of methoxy groups -OCH3 is 2. The van der Waals surface area contributed by atoms with Gasteiger partial charge in [-0.3, -0.25) is 4.79 Å². The van der Waals surface area contributed by atoms with Crippen molar-refractivity contribution in [3.05, 3.63) is 63.8 Å². The molecule has 0 aliphatic carbocycles. The highest BCUT2D eigenvalue weighted by molar-refractivity contribution is 6.39. The molecule has 0 saturated heterocycles. The van der Waals surface area contributed by atoms with E-state index in [2.05, 4.69) is 0 Å². The molecule has 7 nitrogen and oxygen atoms in total. The second-order valence-corrected chi connectivity index (χ2v) is 7.59. The summed E-state index contributed by atoms with van der Waals surface area (Å²) in [7, 11) is 3.01. The Bertz CT molecular complexity index is 1210. The molecule has 9 heteroatoms. The molecule has 0 bridgehead atoms. The Balaban J connectivity index is 2.15. The second-order valence-electron chi connectivity index (χ2n) is 6.75. The van der Waals surface area contributed by atoms with Crippen molar-refractivity contribution in [3.8, 4) is 11.5 Å². The number of halogens is 2. The first kappa shape index (κ1) is 23.5. The summed E-state index contributed by atoms with van der Waals surface area (Å²) in [4.78, 5) is 23.7. The molecule has 168 valence electrons. The first-order valence-electron chi connectivity index (χ1n) is 9.59. The van der Waals surface area contributed by atoms with Gasteiger partial charge in [-0.25, -0.2) is 4.79 Å². The number of ketones is 1. The normalized spacial score (nSPS) is 11.5. The minimum Gasteiger partial charge on any atom is -0.507 e. The summed E-state index contributed by atoms with van der Waals surface area (Å²) in [5, 5.41) is 12.3. The van der Waals surface area contributed by atoms with Crippen LogP contribution in [0, 0.1) is 0 Å². The molecule has 0 fully saturated rings. The molecule has 1 N–H and O–H groups in total. The molecular weight excluding hydrogens is 457 g/mol. The number of hydrogen-bond acceptors (Lipinski definition) is 6. The van der Waals surface area contributed by atoms with Crippen molar-refractivity contribution < 1.29 is 28.9 Å². The Hall–Kier alpha value is -3.16. The Morgan fingerprint density at radius 2 is 1.78 bits per heavy atom. The summed E-state index contributed by atoms with van der Waals surface area (Å²) < 4.78 is 17.3. The van der Waals surface area contributed by atoms with Crippen molar-refractivity contribution in [2.24, 2.45) is 0 Å². The van der Waals surface area contributed by atoms with E-state index in [1.54, 1.807) is 43.5 Å². The number of nitrogens with zero attached hydrogens (tertiary/aromatic N) is 1. The zero-order valence-corrected chi connectivity index (χ0v) is 19.2. The van der Waals surface area contributed by atoms with Gasteiger partial charge in [0.15, 0.2) is 11.5 Å². The van der Waals surface area contributed by atoms with Crippen LogP contribution in [0.5, 0.6) is 11.5 Å². The van der Waals surface area contributed by atoms with Gasteiger partial charge in [0, 0.05) is 45.9 Å². The minimum atomic E-state index is -1.05. The van der Waals surface area contributed by atoms with Crippen molar-refractivity contribution in [2.75, 3.05) is 20.8 Å². The van der Waals surface area contributed by atoms with Gasteiger partial charge < -0.3 is 23.9 Å². The number of aliphatic hydroxyl groups is 1. The number of aromatic nitrogens is 1. The van der Waals surface area contributed by atoms with Crippen LogP contribution in [0.15, 0.2) is 42.6 Å². The van der Waals surface area contributed by atoms with Crippen molar-refractivity contribution in [1.82, 2.24) is 4.57 Å². The number of esters is 1. The summed E-state index contributed by atoms with van der Waals surface area (Å²) in [5.74, 6) is -1.48. The molecule has 32 heavy (non-hydrogen) atoms. The number of ether oxygens (including phenoxy) is 3. The van der Waals surface area contributed by atoms with Crippen molar-refractivity contribution in [3.63, 3.8) is 0 Å². The highest BCUT2D eigenvalue weighted by atomic mass is 35.5. The van der Waals surface area contributed by atoms with E-state index in [-0.39, 0.29) is 12.4 Å². The Labute approximate surface area is 194 Å². The van der Waals surface area contributed by atoms with Crippen LogP contribution in [0.2, 0.25) is 10.0 Å². The molecular formula is C23H21Cl2NO6. The molecule has 1 aromatic heterocycles. The molecule has 0 saturated carbocycles. The standard InChI is InChI=1S/C23H21Cl2NO6/c1-4-32-23(29)20(28)10-19(27)16-12-26(11-13-5-6-14(24)7-17(13)25)18-9-22(31-3)21(30-2)8-15(16)18/h5-10,12,27H,4,11H2,1-3H3/b19-10-. The fourth-order valence-corrected chi connectivity index (χ4v) is 3.72. The zero-order chi connectivity index (χ0) is 23.4. The summed E-state index contributed by atoms with van der Waals surface area (Å²) in [6.07, 6.45) is 2.49. The largest absolute Gasteiger partial charge is 0.507 e. The summed E-state index contributed by atoms with van der Waals surface area (Å²) in [6, 6.07) is 8.61. The quantitative estimate of drug-likeness (QED) is 0.211. The maximum Gasteiger partial charge on any atom is 0.379 e. The van der Waals surface area contributed by atoms with Gasteiger partial charge >= 0.3 is 5.97 Å². The first-order valence-corrected chi connectivity index (χ1v) is 10.4. The predicted octanol–water partition coefficient (Wildman–Crippen LogP) is 5.04. The van der Waals surface area contributed by atoms with Crippen LogP contribution in [0.1, 0.15) is 18.1 Å². The van der Waals surface area contributed by atoms with Gasteiger partial charge in [-0.05, 0) is 30.7 Å². The maximum absolute atomic E-state index is 12.1. The lowest BCUT2D eigenvalue weighted by Crippen LogP contribution is -2.15. The molecule has 0 atom stereocenters. The van der Waals surface area contributed by atoms with Crippen LogP contribution in [0.25, 0.3) is 16.7 Å². The van der Waals surface area contributed by atoms with Gasteiger partial charge in [-0.15, -0.1) is 0 Å². The lowest BCUT2D eigenvalue weighted by atomic mass is 10.1. The SMILES string of the molecule is CCOC(=O)C(=O)/C=C(\O)c1cn(Cc2ccc(Cl)cc2Cl)c2cc(OC)c(OC)cc12. The topological polar surface area (TPSA) is 87.0 Å². The highest BCUT2D eigenvalue weighted by Crippen LogP contribution is 2.37. The summed E-state index contributed by atoms with van der Waals surface area (Å²) in [6.45, 7) is 1.99. The molecule has 0 unspecified atom stereocenters. The van der Waals surface area contributed by atoms with Gasteiger partial charge in [0.1, 0.15) is 5.76 Å². The van der Waals surface area contributed by atoms with Gasteiger partial charge in [-0.2, -0.15) is 0 Å². The molecule has 3 aromatic rings. The maximum atomic E-state index is 12.1. The van der Waals surface area contributed by atoms with Gasteiger partial charge in [-0.1, -0.05) is 29.3 Å². The molecule has 2 aromatic carbocycles. The fraction of sp³-hybridized carbons (Fsp3) is 0.217. The van der Waals surface area contributed by atoms with E-state index >= 15 is 0 Å². The number of fused-ring (bicyclic) bond motifs is 1. The average molecular weight is 478 g/mol. The number of carbonyl (C=O) groups is 2. The molecule has 3 rings (SSSR count). The Kier molecular flexibility index (Phi) is 7.33. The van der Waals surface area contributed by atoms with Gasteiger partial charge in [0.2, 0.25) is 0 Å². The number of hydrogen-bond donors (Lipinski definition) is 1. The van der Waals surface area contributed by atoms with E-state index in [4.69, 9.17) is 37.4 Å². The fourth-order valence-electron chi connectivity index (χ4n) is 3.25. The third-order valence-corrected chi connectivity index (χ3v) is 5.35. The van der Waals surface area contributed by atoms with Crippen molar-refractivity contribution in [1.29, 1.82) is 0 Å². The monoisotopic (exact) mass is 477 g/mol. The number of aliphatic hydroxyl groups excluding tert-OH is 1. The smallest absolute Gasteiger partial charge is 0.379 e. The molecule has 0 spiro atoms. The lowest BCUT2D eigenvalue weighted by molar-refractivity contribution is -0.151. The Morgan fingerprint density at radius 1 is 1.09 bits per heavy atom. The molecule has 0 aliphatic heterocycles. The zero-order valence-electron chi connectivity index (χ0n) is 17.6. The molecule has 0 radical (unpaired) electrons. The van der Waals surface area contributed by atoms with Crippen molar-refractivity contribution >= 4 is 51.6 Å². The number of benzene rings is 2. The van der Waals surface area contributed by atoms with Crippen LogP contribution >= 0.6 is 23.2 Å². The molecule has 0 aliphatic rings. The van der Waals surface area contributed by atoms with Crippen LogP contribution in [-0.4, -0.2) is 42.3 Å². The van der Waals surface area contributed by atoms with E-state index in [0.29, 0.717) is 44.6 Å². The van der Waals surface area contributed by atoms with E-state index in [1.807, 2.05) is 4.57 Å². The van der Waals surface area contributed by atoms with Crippen LogP contribution in [0.3, 0.4) is 0 Å². The highest BCUT2D eigenvalue weighted by Gasteiger charge is 2.20. The van der Waals surface area contributed by atoms with E-state index < -0.39 is 11.8 Å². The average Bonchev–Trinajstić information content (AvgIpc) is 3.12. The third kappa shape index (κ3) is 4.84. The second kappa shape index (κ2) is 9.97. The minimum absolute atomic E-state index is 0.0529. The van der Waals surface area contributed by atoms with Gasteiger partial charge in [0.05, 0.1) is 26.3 Å². The first-order chi connectivity index (χ1) is 15.3. The summed E-state index contributed by atoms with van der Waals surface area (Å²) in [5.41, 5.74) is 1.80. The van der Waals surface area contributed by atoms with Crippen molar-refractivity contribution in [2.45, 2.75) is 13.5 Å². The summed E-state index contributed by atoms with van der Waals surface area (Å²) >= 11 is 12.3. The predicted molar refractivity (Wildman–Crippen MR) is 123 cm³/mol. The molecule has 1 heterocycles. The number of carbonyl (C=O) groups excluding carboxylic acids is 2.